The van der Waals surface area contributed by atoms with E-state index in [2.05, 4.69) is 10.3 Å². The molecule has 0 radical (unpaired) electrons. The molecule has 5 heteroatoms. The summed E-state index contributed by atoms with van der Waals surface area (Å²) < 4.78 is 1.70. The molecule has 0 amide bonds. The maximum absolute atomic E-state index is 10.2. The van der Waals surface area contributed by atoms with Gasteiger partial charge in [-0.1, -0.05) is 41.1 Å². The Balaban J connectivity index is 1.86. The highest BCUT2D eigenvalue weighted by atomic mass is 35.5. The first-order valence-electron chi connectivity index (χ1n) is 5.96. The summed E-state index contributed by atoms with van der Waals surface area (Å²) in [5.74, 6) is 0. The van der Waals surface area contributed by atoms with Crippen molar-refractivity contribution in [2.45, 2.75) is 12.6 Å². The molecule has 1 aromatic heterocycles. The van der Waals surface area contributed by atoms with E-state index >= 15 is 0 Å². The van der Waals surface area contributed by atoms with Gasteiger partial charge in [-0.25, -0.2) is 4.68 Å². The second-order valence-corrected chi connectivity index (χ2v) is 4.76. The minimum atomic E-state index is -0.637. The summed E-state index contributed by atoms with van der Waals surface area (Å²) >= 11 is 5.83. The summed E-state index contributed by atoms with van der Waals surface area (Å²) in [5, 5.41) is 19.0. The number of rotatable bonds is 3. The molecule has 1 N–H and O–H groups in total. The standard InChI is InChI=1S/C14H12ClN3O/c15-11-7-5-10(6-8-11)14(19)9-18-13-4-2-1-3-12(13)16-17-18/h1-8,14,19H,9H2/t14-/m0/s1. The molecule has 0 aliphatic heterocycles. The average molecular weight is 274 g/mol. The second kappa shape index (κ2) is 4.99. The summed E-state index contributed by atoms with van der Waals surface area (Å²) in [7, 11) is 0. The van der Waals surface area contributed by atoms with Crippen LogP contribution in [0, 0.1) is 0 Å². The van der Waals surface area contributed by atoms with E-state index in [1.54, 1.807) is 16.8 Å². The molecule has 0 saturated heterocycles. The fraction of sp³-hybridized carbons (Fsp3) is 0.143. The van der Waals surface area contributed by atoms with E-state index in [0.29, 0.717) is 11.6 Å². The van der Waals surface area contributed by atoms with Gasteiger partial charge in [-0.15, -0.1) is 5.10 Å². The van der Waals surface area contributed by atoms with Gasteiger partial charge in [-0.3, -0.25) is 0 Å². The lowest BCUT2D eigenvalue weighted by Crippen LogP contribution is -2.10. The van der Waals surface area contributed by atoms with Crippen LogP contribution in [-0.4, -0.2) is 20.1 Å². The van der Waals surface area contributed by atoms with Crippen molar-refractivity contribution in [2.24, 2.45) is 0 Å². The van der Waals surface area contributed by atoms with E-state index in [4.69, 9.17) is 11.6 Å². The van der Waals surface area contributed by atoms with Gasteiger partial charge in [0, 0.05) is 5.02 Å². The number of aliphatic hydroxyl groups is 1. The first kappa shape index (κ1) is 12.1. The van der Waals surface area contributed by atoms with E-state index in [1.165, 1.54) is 0 Å². The molecule has 1 heterocycles. The van der Waals surface area contributed by atoms with E-state index in [9.17, 15) is 5.11 Å². The quantitative estimate of drug-likeness (QED) is 0.798. The van der Waals surface area contributed by atoms with Crippen LogP contribution in [-0.2, 0) is 6.54 Å². The van der Waals surface area contributed by atoms with Crippen molar-refractivity contribution < 1.29 is 5.11 Å². The molecule has 19 heavy (non-hydrogen) atoms. The topological polar surface area (TPSA) is 50.9 Å². The largest absolute Gasteiger partial charge is 0.386 e. The van der Waals surface area contributed by atoms with E-state index in [1.807, 2.05) is 36.4 Å². The highest BCUT2D eigenvalue weighted by molar-refractivity contribution is 6.30. The molecular formula is C14H12ClN3O. The number of aliphatic hydroxyl groups excluding tert-OH is 1. The number of fused-ring (bicyclic) bond motifs is 1. The van der Waals surface area contributed by atoms with Gasteiger partial charge in [0.15, 0.2) is 0 Å². The van der Waals surface area contributed by atoms with Crippen LogP contribution < -0.4 is 0 Å². The second-order valence-electron chi connectivity index (χ2n) is 4.33. The minimum Gasteiger partial charge on any atom is -0.386 e. The highest BCUT2D eigenvalue weighted by Crippen LogP contribution is 2.19. The summed E-state index contributed by atoms with van der Waals surface area (Å²) in [6.45, 7) is 0.363. The molecule has 3 rings (SSSR count). The van der Waals surface area contributed by atoms with Gasteiger partial charge < -0.3 is 5.11 Å². The van der Waals surface area contributed by atoms with Gasteiger partial charge in [-0.2, -0.15) is 0 Å². The van der Waals surface area contributed by atoms with Crippen molar-refractivity contribution in [1.82, 2.24) is 15.0 Å². The summed E-state index contributed by atoms with van der Waals surface area (Å²) in [6, 6.07) is 14.8. The Bertz CT molecular complexity index is 693. The van der Waals surface area contributed by atoms with Crippen molar-refractivity contribution in [1.29, 1.82) is 0 Å². The van der Waals surface area contributed by atoms with Crippen LogP contribution >= 0.6 is 11.6 Å². The van der Waals surface area contributed by atoms with Crippen molar-refractivity contribution in [3.05, 3.63) is 59.1 Å². The fourth-order valence-corrected chi connectivity index (χ4v) is 2.13. The zero-order valence-corrected chi connectivity index (χ0v) is 10.8. The predicted octanol–water partition coefficient (Wildman–Crippen LogP) is 2.82. The number of aromatic nitrogens is 3. The lowest BCUT2D eigenvalue weighted by atomic mass is 10.1. The van der Waals surface area contributed by atoms with Crippen molar-refractivity contribution in [3.8, 4) is 0 Å². The van der Waals surface area contributed by atoms with Crippen LogP contribution in [0.25, 0.3) is 11.0 Å². The minimum absolute atomic E-state index is 0.363. The zero-order valence-electron chi connectivity index (χ0n) is 10.1. The summed E-state index contributed by atoms with van der Waals surface area (Å²) in [5.41, 5.74) is 2.55. The molecule has 0 unspecified atom stereocenters. The third-order valence-electron chi connectivity index (χ3n) is 3.02. The van der Waals surface area contributed by atoms with Crippen molar-refractivity contribution in [2.75, 3.05) is 0 Å². The lowest BCUT2D eigenvalue weighted by Gasteiger charge is -2.11. The molecule has 0 spiro atoms. The fourth-order valence-electron chi connectivity index (χ4n) is 2.01. The third-order valence-corrected chi connectivity index (χ3v) is 3.27. The molecule has 0 bridgehead atoms. The van der Waals surface area contributed by atoms with Crippen LogP contribution in [0.5, 0.6) is 0 Å². The lowest BCUT2D eigenvalue weighted by molar-refractivity contribution is 0.152. The van der Waals surface area contributed by atoms with E-state index < -0.39 is 6.10 Å². The Hall–Kier alpha value is -1.91. The van der Waals surface area contributed by atoms with Gasteiger partial charge in [0.2, 0.25) is 0 Å². The SMILES string of the molecule is O[C@@H](Cn1nnc2ccccc21)c1ccc(Cl)cc1. The van der Waals surface area contributed by atoms with Crippen LogP contribution in [0.4, 0.5) is 0 Å². The number of hydrogen-bond donors (Lipinski definition) is 1. The molecule has 96 valence electrons. The van der Waals surface area contributed by atoms with Crippen molar-refractivity contribution >= 4 is 22.6 Å². The molecular weight excluding hydrogens is 262 g/mol. The molecule has 0 aliphatic rings. The number of halogens is 1. The number of para-hydroxylation sites is 1. The zero-order chi connectivity index (χ0) is 13.2. The third kappa shape index (κ3) is 2.45. The van der Waals surface area contributed by atoms with Crippen LogP contribution in [0.3, 0.4) is 0 Å². The summed E-state index contributed by atoms with van der Waals surface area (Å²) in [4.78, 5) is 0. The molecule has 0 aliphatic carbocycles. The first-order chi connectivity index (χ1) is 9.24. The smallest absolute Gasteiger partial charge is 0.113 e. The Morgan fingerprint density at radius 1 is 1.11 bits per heavy atom. The van der Waals surface area contributed by atoms with E-state index in [-0.39, 0.29) is 0 Å². The molecule has 2 aromatic carbocycles. The Labute approximate surface area is 115 Å². The molecule has 0 fully saturated rings. The van der Waals surface area contributed by atoms with Crippen LogP contribution in [0.15, 0.2) is 48.5 Å². The Morgan fingerprint density at radius 3 is 2.63 bits per heavy atom. The maximum atomic E-state index is 10.2. The number of hydrogen-bond acceptors (Lipinski definition) is 3. The Kier molecular flexibility index (Phi) is 3.19. The molecule has 3 aromatic rings. The number of benzene rings is 2. The van der Waals surface area contributed by atoms with Gasteiger partial charge in [0.25, 0.3) is 0 Å². The van der Waals surface area contributed by atoms with Gasteiger partial charge in [0.05, 0.1) is 18.2 Å². The van der Waals surface area contributed by atoms with Crippen LogP contribution in [0.2, 0.25) is 5.02 Å². The average Bonchev–Trinajstić information content (AvgIpc) is 2.83. The van der Waals surface area contributed by atoms with Crippen LogP contribution in [0.1, 0.15) is 11.7 Å². The molecule has 1 atom stereocenters. The summed E-state index contributed by atoms with van der Waals surface area (Å²) in [6.07, 6.45) is -0.637. The Morgan fingerprint density at radius 2 is 1.84 bits per heavy atom. The first-order valence-corrected chi connectivity index (χ1v) is 6.33. The molecule has 4 nitrogen and oxygen atoms in total. The van der Waals surface area contributed by atoms with Gasteiger partial charge >= 0.3 is 0 Å². The van der Waals surface area contributed by atoms with E-state index in [0.717, 1.165) is 16.6 Å². The van der Waals surface area contributed by atoms with Crippen molar-refractivity contribution in [3.63, 3.8) is 0 Å². The van der Waals surface area contributed by atoms with Gasteiger partial charge in [-0.05, 0) is 29.8 Å². The predicted molar refractivity (Wildman–Crippen MR) is 73.9 cm³/mol. The monoisotopic (exact) mass is 273 g/mol. The highest BCUT2D eigenvalue weighted by Gasteiger charge is 2.11. The normalized spacial score (nSPS) is 12.7. The number of nitrogens with zero attached hydrogens (tertiary/aromatic N) is 3. The maximum Gasteiger partial charge on any atom is 0.113 e. The van der Waals surface area contributed by atoms with Gasteiger partial charge in [0.1, 0.15) is 5.52 Å². The molecule has 0 saturated carbocycles.